The number of hydrogen-bond acceptors (Lipinski definition) is 4. The Morgan fingerprint density at radius 1 is 1.35 bits per heavy atom. The third kappa shape index (κ3) is 3.01. The van der Waals surface area contributed by atoms with Gasteiger partial charge < -0.3 is 20.4 Å². The molecule has 3 N–H and O–H groups in total. The van der Waals surface area contributed by atoms with Crippen LogP contribution in [0.1, 0.15) is 29.6 Å². The highest BCUT2D eigenvalue weighted by atomic mass is 35.5. The van der Waals surface area contributed by atoms with Crippen molar-refractivity contribution in [3.05, 3.63) is 28.8 Å². The fraction of sp³-hybridized carbons (Fsp3) is 0.500. The number of nitrogens with one attached hydrogen (secondary N) is 1. The van der Waals surface area contributed by atoms with E-state index in [2.05, 4.69) is 5.32 Å². The highest BCUT2D eigenvalue weighted by Gasteiger charge is 2.45. The highest BCUT2D eigenvalue weighted by molar-refractivity contribution is 6.32. The van der Waals surface area contributed by atoms with Crippen LogP contribution >= 0.6 is 11.6 Å². The van der Waals surface area contributed by atoms with Crippen LogP contribution in [-0.2, 0) is 4.79 Å². The Hall–Kier alpha value is -1.79. The van der Waals surface area contributed by atoms with Gasteiger partial charge in [0, 0.05) is 25.2 Å². The van der Waals surface area contributed by atoms with Crippen LogP contribution in [0.15, 0.2) is 18.2 Å². The SMILES string of the molecule is O=C(c1ccc(O)c(Cl)c1)N1CCC2(CC1)CC(O)CNC2=O. The van der Waals surface area contributed by atoms with Gasteiger partial charge in [-0.25, -0.2) is 0 Å². The highest BCUT2D eigenvalue weighted by Crippen LogP contribution is 2.38. The number of benzene rings is 1. The van der Waals surface area contributed by atoms with Crippen molar-refractivity contribution < 1.29 is 19.8 Å². The molecule has 0 aromatic heterocycles. The van der Waals surface area contributed by atoms with E-state index in [1.54, 1.807) is 4.90 Å². The van der Waals surface area contributed by atoms with E-state index < -0.39 is 11.5 Å². The maximum Gasteiger partial charge on any atom is 0.253 e. The number of nitrogens with zero attached hydrogens (tertiary/aromatic N) is 1. The van der Waals surface area contributed by atoms with E-state index in [1.165, 1.54) is 18.2 Å². The Bertz CT molecular complexity index is 641. The second-order valence-electron chi connectivity index (χ2n) is 6.31. The predicted molar refractivity (Wildman–Crippen MR) is 84.3 cm³/mol. The fourth-order valence-electron chi connectivity index (χ4n) is 3.41. The first-order valence-corrected chi connectivity index (χ1v) is 8.03. The molecule has 1 spiro atoms. The van der Waals surface area contributed by atoms with Gasteiger partial charge in [0.2, 0.25) is 5.91 Å². The molecule has 1 aromatic rings. The molecule has 1 aromatic carbocycles. The van der Waals surface area contributed by atoms with E-state index >= 15 is 0 Å². The summed E-state index contributed by atoms with van der Waals surface area (Å²) in [6, 6.07) is 4.37. The average Bonchev–Trinajstić information content (AvgIpc) is 2.54. The van der Waals surface area contributed by atoms with Gasteiger partial charge in [0.1, 0.15) is 5.75 Å². The van der Waals surface area contributed by atoms with Crippen molar-refractivity contribution in [3.63, 3.8) is 0 Å². The van der Waals surface area contributed by atoms with Crippen LogP contribution in [0.4, 0.5) is 0 Å². The number of aromatic hydroxyl groups is 1. The first kappa shape index (κ1) is 16.1. The first-order chi connectivity index (χ1) is 10.9. The van der Waals surface area contributed by atoms with Crippen LogP contribution < -0.4 is 5.32 Å². The molecule has 2 aliphatic rings. The standard InChI is InChI=1S/C16H19ClN2O4/c17-12-7-10(1-2-13(12)21)14(22)19-5-3-16(4-6-19)8-11(20)9-18-15(16)23/h1-2,7,11,20-21H,3-6,8-9H2,(H,18,23). The molecule has 23 heavy (non-hydrogen) atoms. The summed E-state index contributed by atoms with van der Waals surface area (Å²) in [6.45, 7) is 1.21. The van der Waals surface area contributed by atoms with Crippen LogP contribution in [-0.4, -0.2) is 52.7 Å². The Labute approximate surface area is 139 Å². The summed E-state index contributed by atoms with van der Waals surface area (Å²) in [6.07, 6.45) is 0.998. The lowest BCUT2D eigenvalue weighted by Gasteiger charge is -2.44. The van der Waals surface area contributed by atoms with Crippen molar-refractivity contribution in [2.45, 2.75) is 25.4 Å². The number of rotatable bonds is 1. The van der Waals surface area contributed by atoms with E-state index in [4.69, 9.17) is 11.6 Å². The molecule has 7 heteroatoms. The third-order valence-electron chi connectivity index (χ3n) is 4.81. The van der Waals surface area contributed by atoms with Gasteiger partial charge in [-0.15, -0.1) is 0 Å². The first-order valence-electron chi connectivity index (χ1n) is 7.65. The van der Waals surface area contributed by atoms with Crippen molar-refractivity contribution in [2.75, 3.05) is 19.6 Å². The number of likely N-dealkylation sites (tertiary alicyclic amines) is 1. The number of halogens is 1. The van der Waals surface area contributed by atoms with Gasteiger partial charge in [-0.05, 0) is 37.5 Å². The van der Waals surface area contributed by atoms with Crippen molar-refractivity contribution in [1.82, 2.24) is 10.2 Å². The molecule has 2 saturated heterocycles. The lowest BCUT2D eigenvalue weighted by Crippen LogP contribution is -2.56. The summed E-state index contributed by atoms with van der Waals surface area (Å²) in [5.41, 5.74) is -0.155. The van der Waals surface area contributed by atoms with E-state index in [0.29, 0.717) is 44.5 Å². The molecule has 0 radical (unpaired) electrons. The van der Waals surface area contributed by atoms with Crippen molar-refractivity contribution in [1.29, 1.82) is 0 Å². The minimum absolute atomic E-state index is 0.0254. The summed E-state index contributed by atoms with van der Waals surface area (Å²) in [5.74, 6) is -0.255. The maximum absolute atomic E-state index is 12.5. The number of hydrogen-bond donors (Lipinski definition) is 3. The number of carbonyl (C=O) groups excluding carboxylic acids is 2. The summed E-state index contributed by atoms with van der Waals surface area (Å²) in [7, 11) is 0. The maximum atomic E-state index is 12.5. The number of aliphatic hydroxyl groups excluding tert-OH is 1. The summed E-state index contributed by atoms with van der Waals surface area (Å²) in [4.78, 5) is 26.4. The third-order valence-corrected chi connectivity index (χ3v) is 5.11. The average molecular weight is 339 g/mol. The van der Waals surface area contributed by atoms with Crippen molar-refractivity contribution >= 4 is 23.4 Å². The number of piperidine rings is 2. The van der Waals surface area contributed by atoms with Crippen LogP contribution in [0.5, 0.6) is 5.75 Å². The van der Waals surface area contributed by atoms with E-state index in [-0.39, 0.29) is 22.6 Å². The van der Waals surface area contributed by atoms with Crippen LogP contribution in [0.25, 0.3) is 0 Å². The topological polar surface area (TPSA) is 89.9 Å². The Morgan fingerprint density at radius 2 is 2.04 bits per heavy atom. The van der Waals surface area contributed by atoms with Crippen molar-refractivity contribution in [3.8, 4) is 5.75 Å². The molecule has 0 saturated carbocycles. The molecular formula is C16H19ClN2O4. The largest absolute Gasteiger partial charge is 0.506 e. The summed E-state index contributed by atoms with van der Waals surface area (Å²) >= 11 is 5.85. The number of amides is 2. The smallest absolute Gasteiger partial charge is 0.253 e. The number of aliphatic hydroxyl groups is 1. The minimum Gasteiger partial charge on any atom is -0.506 e. The second-order valence-corrected chi connectivity index (χ2v) is 6.71. The Morgan fingerprint density at radius 3 is 2.70 bits per heavy atom. The van der Waals surface area contributed by atoms with Gasteiger partial charge in [-0.2, -0.15) is 0 Å². The quantitative estimate of drug-likeness (QED) is 0.716. The molecule has 6 nitrogen and oxygen atoms in total. The molecule has 124 valence electrons. The number of carbonyl (C=O) groups is 2. The molecule has 0 bridgehead atoms. The van der Waals surface area contributed by atoms with Gasteiger partial charge in [0.25, 0.3) is 5.91 Å². The van der Waals surface area contributed by atoms with Gasteiger partial charge in [0.15, 0.2) is 0 Å². The summed E-state index contributed by atoms with van der Waals surface area (Å²) < 4.78 is 0. The monoisotopic (exact) mass is 338 g/mol. The van der Waals surface area contributed by atoms with E-state index in [1.807, 2.05) is 0 Å². The molecule has 2 fully saturated rings. The van der Waals surface area contributed by atoms with Gasteiger partial charge >= 0.3 is 0 Å². The van der Waals surface area contributed by atoms with E-state index in [9.17, 15) is 19.8 Å². The molecule has 2 heterocycles. The number of phenols is 1. The van der Waals surface area contributed by atoms with Gasteiger partial charge in [-0.3, -0.25) is 9.59 Å². The van der Waals surface area contributed by atoms with Gasteiger partial charge in [0.05, 0.1) is 16.5 Å². The molecule has 1 atom stereocenters. The predicted octanol–water partition coefficient (Wildman–Crippen LogP) is 1.15. The summed E-state index contributed by atoms with van der Waals surface area (Å²) in [5, 5.41) is 22.1. The fourth-order valence-corrected chi connectivity index (χ4v) is 3.59. The van der Waals surface area contributed by atoms with Gasteiger partial charge in [-0.1, -0.05) is 11.6 Å². The number of phenolic OH excluding ortho intramolecular Hbond substituents is 1. The molecule has 3 rings (SSSR count). The zero-order valence-corrected chi connectivity index (χ0v) is 13.3. The van der Waals surface area contributed by atoms with E-state index in [0.717, 1.165) is 0 Å². The molecule has 1 unspecified atom stereocenters. The van der Waals surface area contributed by atoms with Crippen LogP contribution in [0.2, 0.25) is 5.02 Å². The van der Waals surface area contributed by atoms with Crippen molar-refractivity contribution in [2.24, 2.45) is 5.41 Å². The van der Waals surface area contributed by atoms with Crippen LogP contribution in [0.3, 0.4) is 0 Å². The zero-order chi connectivity index (χ0) is 16.6. The Kier molecular flexibility index (Phi) is 4.21. The molecule has 2 aliphatic heterocycles. The van der Waals surface area contributed by atoms with Crippen LogP contribution in [0, 0.1) is 5.41 Å². The molecular weight excluding hydrogens is 320 g/mol. The zero-order valence-electron chi connectivity index (χ0n) is 12.6. The molecule has 0 aliphatic carbocycles. The minimum atomic E-state index is -0.568. The Balaban J connectivity index is 1.69. The normalized spacial score (nSPS) is 23.7. The lowest BCUT2D eigenvalue weighted by atomic mass is 9.71. The second kappa shape index (κ2) is 6.02. The number of β-amino-alcohol motifs (C(OH)–C–C–N with tert-alkyl or cyclic N) is 1. The lowest BCUT2D eigenvalue weighted by molar-refractivity contribution is -0.140. The molecule has 2 amide bonds.